The highest BCUT2D eigenvalue weighted by Gasteiger charge is 2.48. The van der Waals surface area contributed by atoms with Gasteiger partial charge in [-0.25, -0.2) is 0 Å². The highest BCUT2D eigenvalue weighted by atomic mass is 16.7. The summed E-state index contributed by atoms with van der Waals surface area (Å²) in [5.74, 6) is -0.908. The van der Waals surface area contributed by atoms with Crippen molar-refractivity contribution in [1.29, 1.82) is 0 Å². The van der Waals surface area contributed by atoms with Crippen LogP contribution in [-0.4, -0.2) is 43.1 Å². The number of carbonyl (C=O) groups excluding carboxylic acids is 2. The van der Waals surface area contributed by atoms with Crippen LogP contribution in [0.2, 0.25) is 0 Å². The summed E-state index contributed by atoms with van der Waals surface area (Å²) in [6.07, 6.45) is 0.213. The Balaban J connectivity index is 2.84. The molecule has 6 heteroatoms. The first-order chi connectivity index (χ1) is 9.90. The lowest BCUT2D eigenvalue weighted by molar-refractivity contribution is -0.192. The zero-order valence-corrected chi connectivity index (χ0v) is 13.0. The molecule has 0 aromatic heterocycles. The van der Waals surface area contributed by atoms with Crippen LogP contribution >= 0.6 is 0 Å². The molecular weight excluding hydrogens is 276 g/mol. The fourth-order valence-corrected chi connectivity index (χ4v) is 2.46. The molecule has 1 rings (SSSR count). The molecule has 1 aliphatic heterocycles. The quantitative estimate of drug-likeness (QED) is 0.527. The Morgan fingerprint density at radius 2 is 2.00 bits per heavy atom. The minimum Gasteiger partial charge on any atom is -0.460 e. The monoisotopic (exact) mass is 300 g/mol. The van der Waals surface area contributed by atoms with Gasteiger partial charge in [0.25, 0.3) is 0 Å². The highest BCUT2D eigenvalue weighted by Crippen LogP contribution is 2.34. The lowest BCUT2D eigenvalue weighted by Gasteiger charge is -2.25. The van der Waals surface area contributed by atoms with Crippen molar-refractivity contribution in [3.05, 3.63) is 12.7 Å². The second-order valence-corrected chi connectivity index (χ2v) is 5.08. The molecular formula is C15H24O6. The maximum absolute atomic E-state index is 11.2. The summed E-state index contributed by atoms with van der Waals surface area (Å²) < 4.78 is 21.9. The Morgan fingerprint density at radius 1 is 1.33 bits per heavy atom. The smallest absolute Gasteiger partial charge is 0.303 e. The maximum Gasteiger partial charge on any atom is 0.303 e. The number of esters is 2. The van der Waals surface area contributed by atoms with E-state index in [9.17, 15) is 9.59 Å². The number of ether oxygens (including phenoxy) is 4. The third kappa shape index (κ3) is 4.82. The summed E-state index contributed by atoms with van der Waals surface area (Å²) in [6, 6.07) is 0. The van der Waals surface area contributed by atoms with Gasteiger partial charge < -0.3 is 18.9 Å². The first kappa shape index (κ1) is 17.7. The average Bonchev–Trinajstić information content (AvgIpc) is 2.70. The topological polar surface area (TPSA) is 71.1 Å². The van der Waals surface area contributed by atoms with E-state index in [0.29, 0.717) is 6.42 Å². The molecule has 6 nitrogen and oxygen atoms in total. The van der Waals surface area contributed by atoms with Gasteiger partial charge in [0.15, 0.2) is 12.4 Å². The summed E-state index contributed by atoms with van der Waals surface area (Å²) in [7, 11) is 0. The SMILES string of the molecule is C=CCO[C@@H]1O[C@@H]([C@@H](CC)OC(C)=O)C(C)[C@@H]1OC(C)=O. The average molecular weight is 300 g/mol. The van der Waals surface area contributed by atoms with Crippen LogP contribution in [0.25, 0.3) is 0 Å². The molecule has 5 atom stereocenters. The highest BCUT2D eigenvalue weighted by molar-refractivity contribution is 5.66. The molecule has 0 aliphatic carbocycles. The van der Waals surface area contributed by atoms with Crippen molar-refractivity contribution >= 4 is 11.9 Å². The normalized spacial score (nSPS) is 29.7. The minimum absolute atomic E-state index is 0.145. The van der Waals surface area contributed by atoms with Crippen LogP contribution in [0.3, 0.4) is 0 Å². The Hall–Kier alpha value is -1.40. The first-order valence-corrected chi connectivity index (χ1v) is 7.13. The van der Waals surface area contributed by atoms with Crippen molar-refractivity contribution in [2.24, 2.45) is 5.92 Å². The van der Waals surface area contributed by atoms with Crippen LogP contribution in [0, 0.1) is 5.92 Å². The Labute approximate surface area is 125 Å². The molecule has 0 aromatic rings. The van der Waals surface area contributed by atoms with Crippen LogP contribution in [0.4, 0.5) is 0 Å². The molecule has 1 heterocycles. The van der Waals surface area contributed by atoms with Crippen molar-refractivity contribution in [2.45, 2.75) is 58.7 Å². The standard InChI is InChI=1S/C15H24O6/c1-6-8-18-15-14(20-11(5)17)9(3)13(21-15)12(7-2)19-10(4)16/h6,9,12-15H,1,7-8H2,2-5H3/t9?,12-,13-,14+,15-/m1/s1. The summed E-state index contributed by atoms with van der Waals surface area (Å²) in [5.41, 5.74) is 0. The zero-order valence-electron chi connectivity index (χ0n) is 13.0. The molecule has 0 saturated carbocycles. The van der Waals surface area contributed by atoms with Crippen LogP contribution < -0.4 is 0 Å². The molecule has 0 radical (unpaired) electrons. The predicted molar refractivity (Wildman–Crippen MR) is 75.4 cm³/mol. The van der Waals surface area contributed by atoms with Gasteiger partial charge in [-0.1, -0.05) is 19.9 Å². The van der Waals surface area contributed by atoms with E-state index in [2.05, 4.69) is 6.58 Å². The van der Waals surface area contributed by atoms with E-state index < -0.39 is 24.5 Å². The fourth-order valence-electron chi connectivity index (χ4n) is 2.46. The molecule has 1 fully saturated rings. The lowest BCUT2D eigenvalue weighted by atomic mass is 9.95. The maximum atomic E-state index is 11.2. The predicted octanol–water partition coefficient (Wildman–Crippen LogP) is 1.82. The van der Waals surface area contributed by atoms with Gasteiger partial charge in [-0.05, 0) is 6.42 Å². The van der Waals surface area contributed by atoms with Crippen molar-refractivity contribution in [3.8, 4) is 0 Å². The second-order valence-electron chi connectivity index (χ2n) is 5.08. The summed E-state index contributed by atoms with van der Waals surface area (Å²) in [5, 5.41) is 0. The molecule has 0 amide bonds. The van der Waals surface area contributed by atoms with Crippen molar-refractivity contribution in [2.75, 3.05) is 6.61 Å². The Morgan fingerprint density at radius 3 is 2.48 bits per heavy atom. The number of hydrogen-bond acceptors (Lipinski definition) is 6. The molecule has 0 bridgehead atoms. The lowest BCUT2D eigenvalue weighted by Crippen LogP contribution is -2.36. The molecule has 120 valence electrons. The van der Waals surface area contributed by atoms with Crippen molar-refractivity contribution < 1.29 is 28.5 Å². The van der Waals surface area contributed by atoms with Gasteiger partial charge in [0.2, 0.25) is 0 Å². The largest absolute Gasteiger partial charge is 0.460 e. The second kappa shape index (κ2) is 8.14. The van der Waals surface area contributed by atoms with E-state index in [1.807, 2.05) is 13.8 Å². The zero-order chi connectivity index (χ0) is 16.0. The van der Waals surface area contributed by atoms with E-state index in [-0.39, 0.29) is 24.6 Å². The van der Waals surface area contributed by atoms with Crippen molar-refractivity contribution in [1.82, 2.24) is 0 Å². The van der Waals surface area contributed by atoms with E-state index in [0.717, 1.165) is 0 Å². The molecule has 21 heavy (non-hydrogen) atoms. The minimum atomic E-state index is -0.684. The third-order valence-electron chi connectivity index (χ3n) is 3.36. The van der Waals surface area contributed by atoms with E-state index in [1.54, 1.807) is 6.08 Å². The molecule has 1 aliphatic rings. The number of carbonyl (C=O) groups is 2. The molecule has 0 aromatic carbocycles. The molecule has 1 unspecified atom stereocenters. The molecule has 0 N–H and O–H groups in total. The first-order valence-electron chi connectivity index (χ1n) is 7.13. The van der Waals surface area contributed by atoms with Gasteiger partial charge in [-0.3, -0.25) is 9.59 Å². The van der Waals surface area contributed by atoms with Gasteiger partial charge in [0.1, 0.15) is 12.2 Å². The summed E-state index contributed by atoms with van der Waals surface area (Å²) >= 11 is 0. The van der Waals surface area contributed by atoms with Gasteiger partial charge in [-0.2, -0.15) is 0 Å². The van der Waals surface area contributed by atoms with Gasteiger partial charge in [-0.15, -0.1) is 6.58 Å². The van der Waals surface area contributed by atoms with Crippen LogP contribution in [0.1, 0.15) is 34.1 Å². The van der Waals surface area contributed by atoms with Gasteiger partial charge >= 0.3 is 11.9 Å². The van der Waals surface area contributed by atoms with Crippen LogP contribution in [0.15, 0.2) is 12.7 Å². The summed E-state index contributed by atoms with van der Waals surface area (Å²) in [4.78, 5) is 22.4. The molecule has 1 saturated heterocycles. The van der Waals surface area contributed by atoms with Gasteiger partial charge in [0, 0.05) is 19.8 Å². The van der Waals surface area contributed by atoms with Crippen LogP contribution in [-0.2, 0) is 28.5 Å². The molecule has 0 spiro atoms. The van der Waals surface area contributed by atoms with E-state index in [4.69, 9.17) is 18.9 Å². The van der Waals surface area contributed by atoms with Crippen molar-refractivity contribution in [3.63, 3.8) is 0 Å². The Kier molecular flexibility index (Phi) is 6.84. The van der Waals surface area contributed by atoms with Gasteiger partial charge in [0.05, 0.1) is 6.61 Å². The number of rotatable bonds is 7. The van der Waals surface area contributed by atoms with E-state index in [1.165, 1.54) is 13.8 Å². The van der Waals surface area contributed by atoms with E-state index >= 15 is 0 Å². The number of hydrogen-bond donors (Lipinski definition) is 0. The summed E-state index contributed by atoms with van der Waals surface area (Å²) in [6.45, 7) is 10.4. The fraction of sp³-hybridized carbons (Fsp3) is 0.733. The van der Waals surface area contributed by atoms with Crippen LogP contribution in [0.5, 0.6) is 0 Å². The Bertz CT molecular complexity index is 380. The third-order valence-corrected chi connectivity index (χ3v) is 3.36.